The number of allylic oxidation sites excluding steroid dienone is 2. The van der Waals surface area contributed by atoms with Crippen LogP contribution in [-0.2, 0) is 10.8 Å². The first kappa shape index (κ1) is 9.35. The van der Waals surface area contributed by atoms with Gasteiger partial charge in [-0.3, -0.25) is 5.43 Å². The zero-order chi connectivity index (χ0) is 11.0. The van der Waals surface area contributed by atoms with E-state index in [0.717, 1.165) is 16.0 Å². The fraction of sp³-hybridized carbons (Fsp3) is 0. The van der Waals surface area contributed by atoms with Crippen molar-refractivity contribution in [2.24, 2.45) is 5.10 Å². The van der Waals surface area contributed by atoms with Crippen LogP contribution >= 0.6 is 0 Å². The summed E-state index contributed by atoms with van der Waals surface area (Å²) in [7, 11) is -1.15. The fourth-order valence-electron chi connectivity index (χ4n) is 1.67. The molecule has 0 aliphatic carbocycles. The molecule has 5 heteroatoms. The molecule has 2 aliphatic heterocycles. The summed E-state index contributed by atoms with van der Waals surface area (Å²) in [5.41, 5.74) is 7.25. The highest BCUT2D eigenvalue weighted by Crippen LogP contribution is 2.31. The van der Waals surface area contributed by atoms with Gasteiger partial charge in [0.1, 0.15) is 15.8 Å². The highest BCUT2D eigenvalue weighted by molar-refractivity contribution is 7.98. The molecule has 0 saturated heterocycles. The van der Waals surface area contributed by atoms with Crippen LogP contribution in [0.15, 0.2) is 52.1 Å². The van der Waals surface area contributed by atoms with E-state index in [0.29, 0.717) is 5.03 Å². The van der Waals surface area contributed by atoms with Gasteiger partial charge in [0.05, 0.1) is 11.1 Å². The minimum Gasteiger partial charge on any atom is -0.275 e. The summed E-state index contributed by atoms with van der Waals surface area (Å²) in [4.78, 5) is 0.813. The summed E-state index contributed by atoms with van der Waals surface area (Å²) < 4.78 is 12.2. The van der Waals surface area contributed by atoms with Gasteiger partial charge in [-0.05, 0) is 11.6 Å². The topological polar surface area (TPSA) is 53.5 Å². The Morgan fingerprint density at radius 3 is 2.75 bits per heavy atom. The van der Waals surface area contributed by atoms with Gasteiger partial charge in [-0.15, -0.1) is 0 Å². The summed E-state index contributed by atoms with van der Waals surface area (Å²) in [5, 5.41) is 4.53. The van der Waals surface area contributed by atoms with Gasteiger partial charge in [0.2, 0.25) is 0 Å². The molecular formula is C11H9N3OS. The Morgan fingerprint density at radius 1 is 1.19 bits per heavy atom. The first-order valence-electron chi connectivity index (χ1n) is 4.83. The highest BCUT2D eigenvalue weighted by atomic mass is 32.2. The van der Waals surface area contributed by atoms with Crippen molar-refractivity contribution >= 4 is 21.9 Å². The Morgan fingerprint density at radius 2 is 2.00 bits per heavy atom. The normalized spacial score (nSPS) is 22.2. The van der Waals surface area contributed by atoms with Crippen molar-refractivity contribution in [2.75, 3.05) is 0 Å². The van der Waals surface area contributed by atoms with Gasteiger partial charge >= 0.3 is 0 Å². The molecule has 1 atom stereocenters. The average molecular weight is 231 g/mol. The molecule has 0 fully saturated rings. The van der Waals surface area contributed by atoms with Crippen molar-refractivity contribution in [2.45, 2.75) is 0 Å². The first-order chi connectivity index (χ1) is 7.86. The Kier molecular flexibility index (Phi) is 2.11. The van der Waals surface area contributed by atoms with Crippen LogP contribution in [0.1, 0.15) is 5.56 Å². The van der Waals surface area contributed by atoms with E-state index in [9.17, 15) is 4.21 Å². The van der Waals surface area contributed by atoms with Crippen LogP contribution in [-0.4, -0.2) is 10.4 Å². The van der Waals surface area contributed by atoms with Gasteiger partial charge in [-0.1, -0.05) is 30.3 Å². The molecule has 3 rings (SSSR count). The van der Waals surface area contributed by atoms with Gasteiger partial charge in [0, 0.05) is 5.57 Å². The van der Waals surface area contributed by atoms with Gasteiger partial charge in [-0.25, -0.2) is 9.74 Å². The van der Waals surface area contributed by atoms with E-state index in [1.807, 2.05) is 36.4 Å². The minimum absolute atomic E-state index is 0.675. The van der Waals surface area contributed by atoms with Crippen LogP contribution in [0.3, 0.4) is 0 Å². The number of nitrogens with zero attached hydrogens (tertiary/aromatic N) is 1. The van der Waals surface area contributed by atoms with Crippen LogP contribution in [0.5, 0.6) is 0 Å². The number of nitrogens with one attached hydrogen (secondary N) is 2. The second-order valence-corrected chi connectivity index (χ2v) is 4.81. The van der Waals surface area contributed by atoms with E-state index in [1.165, 1.54) is 0 Å². The van der Waals surface area contributed by atoms with Crippen molar-refractivity contribution < 1.29 is 4.21 Å². The maximum Gasteiger partial charge on any atom is 0.133 e. The number of hydrogen-bond donors (Lipinski definition) is 2. The van der Waals surface area contributed by atoms with Crippen LogP contribution in [0.25, 0.3) is 4.91 Å². The highest BCUT2D eigenvalue weighted by Gasteiger charge is 2.25. The van der Waals surface area contributed by atoms with Crippen LogP contribution < -0.4 is 11.0 Å². The van der Waals surface area contributed by atoms with E-state index in [1.54, 1.807) is 6.21 Å². The summed E-state index contributed by atoms with van der Waals surface area (Å²) in [6, 6.07) is 9.71. The molecule has 16 heavy (non-hydrogen) atoms. The maximum atomic E-state index is 12.2. The zero-order valence-electron chi connectivity index (χ0n) is 8.31. The molecule has 1 aromatic carbocycles. The molecule has 0 aromatic heterocycles. The molecule has 0 saturated carbocycles. The lowest BCUT2D eigenvalue weighted by atomic mass is 10.2. The third-order valence-electron chi connectivity index (χ3n) is 2.43. The third-order valence-corrected chi connectivity index (χ3v) is 3.89. The van der Waals surface area contributed by atoms with E-state index >= 15 is 0 Å². The lowest BCUT2D eigenvalue weighted by Gasteiger charge is -2.11. The summed E-state index contributed by atoms with van der Waals surface area (Å²) >= 11 is 0. The Balaban J connectivity index is 2.03. The summed E-state index contributed by atoms with van der Waals surface area (Å²) in [5.74, 6) is 0. The Hall–Kier alpha value is -1.88. The molecule has 0 radical (unpaired) electrons. The standard InChI is InChI=1S/C11H9N3OS/c15-16-10(8-4-2-1-3-5-8)6-9-7-12-14-13-11(9)16/h1-7,13-14H. The number of rotatable bonds is 1. The van der Waals surface area contributed by atoms with Gasteiger partial charge in [0.25, 0.3) is 0 Å². The van der Waals surface area contributed by atoms with E-state index in [2.05, 4.69) is 16.1 Å². The average Bonchev–Trinajstić information content (AvgIpc) is 2.69. The smallest absolute Gasteiger partial charge is 0.133 e. The molecular weight excluding hydrogens is 222 g/mol. The molecule has 0 amide bonds. The van der Waals surface area contributed by atoms with Crippen LogP contribution in [0, 0.1) is 0 Å². The number of hydrogen-bond acceptors (Lipinski definition) is 4. The summed E-state index contributed by atoms with van der Waals surface area (Å²) in [6.07, 6.45) is 3.57. The molecule has 2 aliphatic rings. The van der Waals surface area contributed by atoms with Crippen molar-refractivity contribution in [1.29, 1.82) is 0 Å². The molecule has 0 bridgehead atoms. The van der Waals surface area contributed by atoms with Gasteiger partial charge in [0.15, 0.2) is 0 Å². The van der Waals surface area contributed by atoms with Crippen molar-refractivity contribution in [3.05, 3.63) is 52.6 Å². The Labute approximate surface area is 95.2 Å². The SMILES string of the molecule is O=S1C(c2ccccc2)=CC2=C1NNN=C2. The fourth-order valence-corrected chi connectivity index (χ4v) is 2.94. The predicted molar refractivity (Wildman–Crippen MR) is 64.4 cm³/mol. The molecule has 0 spiro atoms. The van der Waals surface area contributed by atoms with Gasteiger partial charge in [-0.2, -0.15) is 5.10 Å². The molecule has 2 N–H and O–H groups in total. The lowest BCUT2D eigenvalue weighted by Crippen LogP contribution is -2.31. The molecule has 80 valence electrons. The zero-order valence-corrected chi connectivity index (χ0v) is 9.12. The van der Waals surface area contributed by atoms with Crippen LogP contribution in [0.4, 0.5) is 0 Å². The monoisotopic (exact) mass is 231 g/mol. The number of benzene rings is 1. The Bertz CT molecular complexity index is 546. The molecule has 4 nitrogen and oxygen atoms in total. The summed E-state index contributed by atoms with van der Waals surface area (Å²) in [6.45, 7) is 0. The third kappa shape index (κ3) is 1.37. The predicted octanol–water partition coefficient (Wildman–Crippen LogP) is 1.09. The van der Waals surface area contributed by atoms with E-state index < -0.39 is 10.8 Å². The second-order valence-electron chi connectivity index (χ2n) is 3.42. The largest absolute Gasteiger partial charge is 0.275 e. The second kappa shape index (κ2) is 3.61. The molecule has 1 unspecified atom stereocenters. The van der Waals surface area contributed by atoms with Crippen molar-refractivity contribution in [3.8, 4) is 0 Å². The number of hydrazone groups is 1. The van der Waals surface area contributed by atoms with Crippen LogP contribution in [0.2, 0.25) is 0 Å². The lowest BCUT2D eigenvalue weighted by molar-refractivity contribution is 0.640. The molecule has 2 heterocycles. The van der Waals surface area contributed by atoms with E-state index in [4.69, 9.17) is 0 Å². The van der Waals surface area contributed by atoms with Gasteiger partial charge < -0.3 is 0 Å². The van der Waals surface area contributed by atoms with Crippen molar-refractivity contribution in [3.63, 3.8) is 0 Å². The van der Waals surface area contributed by atoms with E-state index in [-0.39, 0.29) is 0 Å². The minimum atomic E-state index is -1.15. The number of hydrazine groups is 1. The quantitative estimate of drug-likeness (QED) is 0.761. The first-order valence-corrected chi connectivity index (χ1v) is 5.98. The molecule has 1 aromatic rings. The van der Waals surface area contributed by atoms with Crippen molar-refractivity contribution in [1.82, 2.24) is 11.0 Å². The maximum absolute atomic E-state index is 12.2.